The number of aromatic nitrogens is 2. The van der Waals surface area contributed by atoms with E-state index in [4.69, 9.17) is 17.3 Å². The third-order valence-electron chi connectivity index (χ3n) is 2.33. The van der Waals surface area contributed by atoms with Gasteiger partial charge < -0.3 is 11.1 Å². The van der Waals surface area contributed by atoms with Crippen LogP contribution in [0.5, 0.6) is 0 Å². The highest BCUT2D eigenvalue weighted by atomic mass is 35.5. The predicted octanol–water partition coefficient (Wildman–Crippen LogP) is 3.05. The minimum atomic E-state index is 0.455. The zero-order chi connectivity index (χ0) is 13.0. The van der Waals surface area contributed by atoms with E-state index in [-0.39, 0.29) is 0 Å². The molecular weight excluding hydrogens is 268 g/mol. The fourth-order valence-electron chi connectivity index (χ4n) is 1.45. The van der Waals surface area contributed by atoms with Crippen molar-refractivity contribution in [1.82, 2.24) is 9.97 Å². The molecular formula is C12H13ClN4S. The molecule has 4 nitrogen and oxygen atoms in total. The highest BCUT2D eigenvalue weighted by Gasteiger charge is 2.03. The van der Waals surface area contributed by atoms with Gasteiger partial charge in [0.25, 0.3) is 0 Å². The van der Waals surface area contributed by atoms with Crippen LogP contribution in [0.25, 0.3) is 0 Å². The van der Waals surface area contributed by atoms with E-state index in [1.54, 1.807) is 6.07 Å². The number of nitrogens with one attached hydrogen (secondary N) is 1. The van der Waals surface area contributed by atoms with Gasteiger partial charge in [-0.3, -0.25) is 0 Å². The summed E-state index contributed by atoms with van der Waals surface area (Å²) in [7, 11) is 0. The second-order valence-corrected chi connectivity index (χ2v) is 4.79. The molecule has 0 fully saturated rings. The summed E-state index contributed by atoms with van der Waals surface area (Å²) in [6, 6.07) is 9.39. The molecule has 1 aromatic heterocycles. The molecule has 2 rings (SSSR count). The maximum Gasteiger partial charge on any atom is 0.191 e. The number of nitrogens with zero attached hydrogens (tertiary/aromatic N) is 2. The van der Waals surface area contributed by atoms with Gasteiger partial charge in [0.15, 0.2) is 5.16 Å². The van der Waals surface area contributed by atoms with Crippen molar-refractivity contribution in [3.05, 3.63) is 40.9 Å². The number of benzene rings is 1. The van der Waals surface area contributed by atoms with Crippen molar-refractivity contribution in [2.24, 2.45) is 0 Å². The Bertz CT molecular complexity index is 547. The molecule has 0 aliphatic rings. The largest absolute Gasteiger partial charge is 0.383 e. The fourth-order valence-corrected chi connectivity index (χ4v) is 2.04. The van der Waals surface area contributed by atoms with Crippen LogP contribution in [0.3, 0.4) is 0 Å². The summed E-state index contributed by atoms with van der Waals surface area (Å²) in [4.78, 5) is 8.40. The Labute approximate surface area is 115 Å². The molecule has 0 unspecified atom stereocenters. The summed E-state index contributed by atoms with van der Waals surface area (Å²) in [6.07, 6.45) is 1.91. The molecule has 2 aromatic rings. The number of hydrogen-bond donors (Lipinski definition) is 2. The van der Waals surface area contributed by atoms with Crippen LogP contribution in [0.2, 0.25) is 5.02 Å². The predicted molar refractivity (Wildman–Crippen MR) is 77.0 cm³/mol. The Hall–Kier alpha value is -1.46. The average Bonchev–Trinajstić information content (AvgIpc) is 2.37. The molecule has 0 radical (unpaired) electrons. The van der Waals surface area contributed by atoms with Crippen LogP contribution in [0, 0.1) is 0 Å². The number of nitrogens with two attached hydrogens (primary N) is 1. The number of nitrogen functional groups attached to an aromatic ring is 1. The van der Waals surface area contributed by atoms with Gasteiger partial charge in [-0.2, -0.15) is 0 Å². The highest BCUT2D eigenvalue weighted by molar-refractivity contribution is 7.98. The van der Waals surface area contributed by atoms with Crippen LogP contribution >= 0.6 is 23.4 Å². The van der Waals surface area contributed by atoms with Gasteiger partial charge in [-0.25, -0.2) is 9.97 Å². The molecule has 1 heterocycles. The first-order valence-electron chi connectivity index (χ1n) is 5.35. The first-order valence-corrected chi connectivity index (χ1v) is 6.95. The van der Waals surface area contributed by atoms with Crippen molar-refractivity contribution < 1.29 is 0 Å². The first-order chi connectivity index (χ1) is 8.69. The topological polar surface area (TPSA) is 63.8 Å². The van der Waals surface area contributed by atoms with E-state index in [0.717, 1.165) is 10.6 Å². The molecule has 0 spiro atoms. The van der Waals surface area contributed by atoms with Gasteiger partial charge in [-0.15, -0.1) is 0 Å². The normalized spacial score (nSPS) is 10.3. The van der Waals surface area contributed by atoms with Crippen molar-refractivity contribution in [3.8, 4) is 0 Å². The smallest absolute Gasteiger partial charge is 0.191 e. The average molecular weight is 281 g/mol. The number of thioether (sulfide) groups is 1. The summed E-state index contributed by atoms with van der Waals surface area (Å²) < 4.78 is 0. The Balaban J connectivity index is 2.11. The molecule has 0 bridgehead atoms. The summed E-state index contributed by atoms with van der Waals surface area (Å²) in [5, 5.41) is 4.57. The van der Waals surface area contributed by atoms with Gasteiger partial charge in [0.05, 0.1) is 0 Å². The Morgan fingerprint density at radius 2 is 2.11 bits per heavy atom. The lowest BCUT2D eigenvalue weighted by atomic mass is 10.2. The van der Waals surface area contributed by atoms with E-state index >= 15 is 0 Å². The summed E-state index contributed by atoms with van der Waals surface area (Å²) in [6.45, 7) is 0.601. The number of rotatable bonds is 4. The minimum Gasteiger partial charge on any atom is -0.383 e. The molecule has 1 aromatic carbocycles. The van der Waals surface area contributed by atoms with E-state index < -0.39 is 0 Å². The standard InChI is InChI=1S/C12H13ClN4S/c1-18-12-16-10(14)6-11(17-12)15-7-8-4-2-3-5-9(8)13/h2-6H,7H2,1H3,(H3,14,15,16,17). The third-order valence-corrected chi connectivity index (χ3v) is 3.24. The van der Waals surface area contributed by atoms with E-state index in [0.29, 0.717) is 23.3 Å². The summed E-state index contributed by atoms with van der Waals surface area (Å²) >= 11 is 7.53. The van der Waals surface area contributed by atoms with E-state index in [1.165, 1.54) is 11.8 Å². The van der Waals surface area contributed by atoms with Crippen molar-refractivity contribution in [1.29, 1.82) is 0 Å². The number of halogens is 1. The lowest BCUT2D eigenvalue weighted by Gasteiger charge is -2.08. The molecule has 94 valence electrons. The minimum absolute atomic E-state index is 0.455. The van der Waals surface area contributed by atoms with Gasteiger partial charge in [0.1, 0.15) is 11.6 Å². The number of anilines is 2. The van der Waals surface area contributed by atoms with Crippen LogP contribution in [0.1, 0.15) is 5.56 Å². The van der Waals surface area contributed by atoms with Gasteiger partial charge >= 0.3 is 0 Å². The van der Waals surface area contributed by atoms with E-state index in [2.05, 4.69) is 15.3 Å². The maximum atomic E-state index is 6.08. The monoisotopic (exact) mass is 280 g/mol. The highest BCUT2D eigenvalue weighted by Crippen LogP contribution is 2.18. The van der Waals surface area contributed by atoms with E-state index in [9.17, 15) is 0 Å². The molecule has 0 atom stereocenters. The molecule has 0 aliphatic heterocycles. The molecule has 0 saturated heterocycles. The molecule has 6 heteroatoms. The van der Waals surface area contributed by atoms with Crippen LogP contribution < -0.4 is 11.1 Å². The molecule has 3 N–H and O–H groups in total. The Kier molecular flexibility index (Phi) is 4.28. The van der Waals surface area contributed by atoms with Gasteiger partial charge in [0.2, 0.25) is 0 Å². The second-order valence-electron chi connectivity index (χ2n) is 3.61. The van der Waals surface area contributed by atoms with Gasteiger partial charge in [-0.1, -0.05) is 41.6 Å². The SMILES string of the molecule is CSc1nc(N)cc(NCc2ccccc2Cl)n1. The zero-order valence-electron chi connectivity index (χ0n) is 9.85. The van der Waals surface area contributed by atoms with Crippen molar-refractivity contribution in [2.45, 2.75) is 11.7 Å². The maximum absolute atomic E-state index is 6.08. The molecule has 0 saturated carbocycles. The van der Waals surface area contributed by atoms with Gasteiger partial charge in [0, 0.05) is 17.6 Å². The van der Waals surface area contributed by atoms with Gasteiger partial charge in [-0.05, 0) is 17.9 Å². The van der Waals surface area contributed by atoms with Crippen molar-refractivity contribution in [3.63, 3.8) is 0 Å². The Morgan fingerprint density at radius 1 is 1.33 bits per heavy atom. The molecule has 0 aliphatic carbocycles. The zero-order valence-corrected chi connectivity index (χ0v) is 11.4. The lowest BCUT2D eigenvalue weighted by Crippen LogP contribution is -2.04. The number of hydrogen-bond acceptors (Lipinski definition) is 5. The lowest BCUT2D eigenvalue weighted by molar-refractivity contribution is 0.964. The fraction of sp³-hybridized carbons (Fsp3) is 0.167. The van der Waals surface area contributed by atoms with Crippen LogP contribution in [0.15, 0.2) is 35.5 Å². The molecule has 18 heavy (non-hydrogen) atoms. The summed E-state index contributed by atoms with van der Waals surface area (Å²) in [5.74, 6) is 1.16. The third kappa shape index (κ3) is 3.27. The Morgan fingerprint density at radius 3 is 2.83 bits per heavy atom. The quantitative estimate of drug-likeness (QED) is 0.666. The second kappa shape index (κ2) is 5.93. The van der Waals surface area contributed by atoms with Crippen molar-refractivity contribution >= 4 is 35.0 Å². The summed E-state index contributed by atoms with van der Waals surface area (Å²) in [5.41, 5.74) is 6.72. The first kappa shape index (κ1) is 13.0. The van der Waals surface area contributed by atoms with Crippen molar-refractivity contribution in [2.75, 3.05) is 17.3 Å². The van der Waals surface area contributed by atoms with Crippen LogP contribution in [0.4, 0.5) is 11.6 Å². The van der Waals surface area contributed by atoms with Crippen LogP contribution in [-0.2, 0) is 6.54 Å². The molecule has 0 amide bonds. The van der Waals surface area contributed by atoms with E-state index in [1.807, 2.05) is 30.5 Å². The van der Waals surface area contributed by atoms with Crippen LogP contribution in [-0.4, -0.2) is 16.2 Å².